The van der Waals surface area contributed by atoms with Crippen LogP contribution in [-0.2, 0) is 0 Å². The number of hydrogen-bond donors (Lipinski definition) is 2. The standard InChI is InChI=1S/C3H10N2.2ClH/c1-5-3-2-4;;/h5H,2-4H2,1H3;2*1H. The zero-order valence-electron chi connectivity index (χ0n) is 4.31. The van der Waals surface area contributed by atoms with Gasteiger partial charge in [-0.15, -0.1) is 24.8 Å². The SMILES string of the molecule is CNCCN.Cl.Cl. The highest BCUT2D eigenvalue weighted by molar-refractivity contribution is 5.85. The van der Waals surface area contributed by atoms with Crippen LogP contribution < -0.4 is 11.1 Å². The Kier molecular flexibility index (Phi) is 35.9. The zero-order chi connectivity index (χ0) is 4.12. The van der Waals surface area contributed by atoms with Crippen LogP contribution in [0.3, 0.4) is 0 Å². The molecule has 0 atom stereocenters. The van der Waals surface area contributed by atoms with Gasteiger partial charge < -0.3 is 11.1 Å². The first-order valence-electron chi connectivity index (χ1n) is 1.76. The Hall–Kier alpha value is 0.500. The summed E-state index contributed by atoms with van der Waals surface area (Å²) >= 11 is 0. The predicted molar refractivity (Wildman–Crippen MR) is 37.5 cm³/mol. The van der Waals surface area contributed by atoms with E-state index >= 15 is 0 Å². The molecule has 0 bridgehead atoms. The molecule has 0 amide bonds. The third-order valence-electron chi connectivity index (χ3n) is 0.394. The maximum atomic E-state index is 5.08. The lowest BCUT2D eigenvalue weighted by atomic mass is 10.7. The van der Waals surface area contributed by atoms with Crippen molar-refractivity contribution in [2.75, 3.05) is 20.1 Å². The van der Waals surface area contributed by atoms with Gasteiger partial charge in [-0.05, 0) is 7.05 Å². The van der Waals surface area contributed by atoms with E-state index in [9.17, 15) is 0 Å². The third-order valence-corrected chi connectivity index (χ3v) is 0.394. The minimum Gasteiger partial charge on any atom is -0.329 e. The van der Waals surface area contributed by atoms with E-state index in [1.165, 1.54) is 0 Å². The minimum atomic E-state index is 0. The largest absolute Gasteiger partial charge is 0.329 e. The van der Waals surface area contributed by atoms with Crippen LogP contribution in [0, 0.1) is 0 Å². The number of nitrogens with two attached hydrogens (primary N) is 1. The second-order valence-electron chi connectivity index (χ2n) is 0.892. The number of hydrogen-bond acceptors (Lipinski definition) is 2. The lowest BCUT2D eigenvalue weighted by Crippen LogP contribution is -2.17. The Morgan fingerprint density at radius 3 is 1.86 bits per heavy atom. The molecular formula is C3H12Cl2N2. The van der Waals surface area contributed by atoms with Crippen molar-refractivity contribution in [2.45, 2.75) is 0 Å². The van der Waals surface area contributed by atoms with Crippen LogP contribution >= 0.6 is 24.8 Å². The van der Waals surface area contributed by atoms with Gasteiger partial charge in [-0.3, -0.25) is 0 Å². The molecule has 0 aliphatic rings. The molecule has 7 heavy (non-hydrogen) atoms. The summed E-state index contributed by atoms with van der Waals surface area (Å²) in [6.45, 7) is 1.65. The number of likely N-dealkylation sites (N-methyl/N-ethyl adjacent to an activating group) is 1. The van der Waals surface area contributed by atoms with Gasteiger partial charge in [0.15, 0.2) is 0 Å². The highest BCUT2D eigenvalue weighted by Crippen LogP contribution is 1.37. The Bertz CT molecular complexity index is 18.4. The molecule has 0 radical (unpaired) electrons. The van der Waals surface area contributed by atoms with Gasteiger partial charge in [0.2, 0.25) is 0 Å². The van der Waals surface area contributed by atoms with Crippen LogP contribution in [0.1, 0.15) is 0 Å². The van der Waals surface area contributed by atoms with Gasteiger partial charge in [-0.25, -0.2) is 0 Å². The van der Waals surface area contributed by atoms with Crippen molar-refractivity contribution in [1.29, 1.82) is 0 Å². The fraction of sp³-hybridized carbons (Fsp3) is 1.00. The van der Waals surface area contributed by atoms with Crippen molar-refractivity contribution < 1.29 is 0 Å². The fourth-order valence-corrected chi connectivity index (χ4v) is 0.144. The van der Waals surface area contributed by atoms with Crippen molar-refractivity contribution in [3.8, 4) is 0 Å². The van der Waals surface area contributed by atoms with Gasteiger partial charge >= 0.3 is 0 Å². The summed E-state index contributed by atoms with van der Waals surface area (Å²) in [7, 11) is 1.88. The normalized spacial score (nSPS) is 6.00. The lowest BCUT2D eigenvalue weighted by molar-refractivity contribution is 0.802. The summed E-state index contributed by atoms with van der Waals surface area (Å²) in [4.78, 5) is 0. The summed E-state index contributed by atoms with van der Waals surface area (Å²) in [5, 5.41) is 2.89. The monoisotopic (exact) mass is 146 g/mol. The van der Waals surface area contributed by atoms with E-state index in [1.807, 2.05) is 7.05 Å². The highest BCUT2D eigenvalue weighted by atomic mass is 35.5. The average molecular weight is 147 g/mol. The molecule has 0 saturated carbocycles. The van der Waals surface area contributed by atoms with Crippen LogP contribution in [0.25, 0.3) is 0 Å². The molecule has 3 N–H and O–H groups in total. The molecule has 0 fully saturated rings. The van der Waals surface area contributed by atoms with Gasteiger partial charge in [0.05, 0.1) is 0 Å². The molecule has 4 heteroatoms. The van der Waals surface area contributed by atoms with Gasteiger partial charge in [0.25, 0.3) is 0 Å². The summed E-state index contributed by atoms with van der Waals surface area (Å²) in [5.41, 5.74) is 5.08. The van der Waals surface area contributed by atoms with Crippen LogP contribution in [0.2, 0.25) is 0 Å². The Morgan fingerprint density at radius 1 is 1.43 bits per heavy atom. The second kappa shape index (κ2) is 16.1. The molecule has 2 nitrogen and oxygen atoms in total. The molecule has 0 aliphatic carbocycles. The Morgan fingerprint density at radius 2 is 1.86 bits per heavy atom. The Labute approximate surface area is 56.7 Å². The topological polar surface area (TPSA) is 38.0 Å². The van der Waals surface area contributed by atoms with E-state index in [4.69, 9.17) is 5.73 Å². The summed E-state index contributed by atoms with van der Waals surface area (Å²) in [6, 6.07) is 0. The van der Waals surface area contributed by atoms with Crippen LogP contribution in [0.5, 0.6) is 0 Å². The average Bonchev–Trinajstić information content (AvgIpc) is 1.41. The molecule has 0 unspecified atom stereocenters. The molecular weight excluding hydrogens is 135 g/mol. The molecule has 0 saturated heterocycles. The molecule has 0 heterocycles. The van der Waals surface area contributed by atoms with Crippen molar-refractivity contribution >= 4 is 24.8 Å². The van der Waals surface area contributed by atoms with Crippen LogP contribution in [-0.4, -0.2) is 20.1 Å². The van der Waals surface area contributed by atoms with E-state index in [2.05, 4.69) is 5.32 Å². The lowest BCUT2D eigenvalue weighted by Gasteiger charge is -1.85. The van der Waals surface area contributed by atoms with E-state index < -0.39 is 0 Å². The quantitative estimate of drug-likeness (QED) is 0.577. The number of halogens is 2. The molecule has 0 spiro atoms. The number of rotatable bonds is 2. The second-order valence-corrected chi connectivity index (χ2v) is 0.892. The van der Waals surface area contributed by atoms with Gasteiger partial charge in [0, 0.05) is 13.1 Å². The van der Waals surface area contributed by atoms with Gasteiger partial charge in [-0.1, -0.05) is 0 Å². The molecule has 48 valence electrons. The summed E-state index contributed by atoms with van der Waals surface area (Å²) in [6.07, 6.45) is 0. The van der Waals surface area contributed by atoms with Crippen LogP contribution in [0.15, 0.2) is 0 Å². The first-order chi connectivity index (χ1) is 2.41. The molecule has 0 aromatic carbocycles. The van der Waals surface area contributed by atoms with Crippen LogP contribution in [0.4, 0.5) is 0 Å². The van der Waals surface area contributed by atoms with Crippen molar-refractivity contribution in [2.24, 2.45) is 5.73 Å². The molecule has 0 rings (SSSR count). The minimum absolute atomic E-state index is 0. The van der Waals surface area contributed by atoms with E-state index in [0.717, 1.165) is 13.1 Å². The van der Waals surface area contributed by atoms with Crippen molar-refractivity contribution in [3.05, 3.63) is 0 Å². The summed E-state index contributed by atoms with van der Waals surface area (Å²) in [5.74, 6) is 0. The van der Waals surface area contributed by atoms with Gasteiger partial charge in [-0.2, -0.15) is 0 Å². The maximum absolute atomic E-state index is 5.08. The number of nitrogens with one attached hydrogen (secondary N) is 1. The van der Waals surface area contributed by atoms with Gasteiger partial charge in [0.1, 0.15) is 0 Å². The van der Waals surface area contributed by atoms with E-state index in [0.29, 0.717) is 0 Å². The molecule has 0 aromatic heterocycles. The Balaban J connectivity index is -0.0000000800. The molecule has 0 aliphatic heterocycles. The zero-order valence-corrected chi connectivity index (χ0v) is 5.94. The first kappa shape index (κ1) is 15.6. The summed E-state index contributed by atoms with van der Waals surface area (Å²) < 4.78 is 0. The van der Waals surface area contributed by atoms with Crippen molar-refractivity contribution in [3.63, 3.8) is 0 Å². The maximum Gasteiger partial charge on any atom is 0.00714 e. The molecule has 0 aromatic rings. The van der Waals surface area contributed by atoms with Crippen molar-refractivity contribution in [1.82, 2.24) is 5.32 Å². The fourth-order valence-electron chi connectivity index (χ4n) is 0.144. The van der Waals surface area contributed by atoms with E-state index in [1.54, 1.807) is 0 Å². The van der Waals surface area contributed by atoms with E-state index in [-0.39, 0.29) is 24.8 Å². The predicted octanol–water partition coefficient (Wildman–Crippen LogP) is 0.00810. The first-order valence-corrected chi connectivity index (χ1v) is 1.76. The highest BCUT2D eigenvalue weighted by Gasteiger charge is 1.64. The smallest absolute Gasteiger partial charge is 0.00714 e. The third kappa shape index (κ3) is 21.1.